The summed E-state index contributed by atoms with van der Waals surface area (Å²) in [4.78, 5) is 13.0. The molecule has 82 valence electrons. The third-order valence-corrected chi connectivity index (χ3v) is 2.74. The van der Waals surface area contributed by atoms with E-state index < -0.39 is 0 Å². The summed E-state index contributed by atoms with van der Waals surface area (Å²) in [5, 5.41) is 4.06. The summed E-state index contributed by atoms with van der Waals surface area (Å²) in [6.45, 7) is 2.46. The lowest BCUT2D eigenvalue weighted by Gasteiger charge is -2.38. The number of nitrogen functional groups attached to an aromatic ring is 1. The predicted molar refractivity (Wildman–Crippen MR) is 55.8 cm³/mol. The van der Waals surface area contributed by atoms with Crippen LogP contribution in [0.2, 0.25) is 0 Å². The SMILES string of the molecule is NC(=O)C1CCN1CCn1ccc(N)n1. The van der Waals surface area contributed by atoms with Crippen LogP contribution in [-0.2, 0) is 11.3 Å². The van der Waals surface area contributed by atoms with Crippen LogP contribution in [0.25, 0.3) is 0 Å². The van der Waals surface area contributed by atoms with Crippen LogP contribution in [0.3, 0.4) is 0 Å². The van der Waals surface area contributed by atoms with Crippen LogP contribution < -0.4 is 11.5 Å². The molecule has 1 aromatic rings. The number of nitrogens with zero attached hydrogens (tertiary/aromatic N) is 3. The molecule has 1 aliphatic heterocycles. The third kappa shape index (κ3) is 2.10. The van der Waals surface area contributed by atoms with Crippen LogP contribution in [0.15, 0.2) is 12.3 Å². The monoisotopic (exact) mass is 209 g/mol. The molecule has 4 N–H and O–H groups in total. The van der Waals surface area contributed by atoms with E-state index in [0.29, 0.717) is 5.82 Å². The van der Waals surface area contributed by atoms with Crippen LogP contribution in [0, 0.1) is 0 Å². The number of primary amides is 1. The second kappa shape index (κ2) is 3.90. The number of rotatable bonds is 4. The Hall–Kier alpha value is -1.56. The van der Waals surface area contributed by atoms with E-state index in [-0.39, 0.29) is 11.9 Å². The van der Waals surface area contributed by atoms with Crippen LogP contribution in [0.4, 0.5) is 5.82 Å². The van der Waals surface area contributed by atoms with E-state index in [1.165, 1.54) is 0 Å². The second-order valence-corrected chi connectivity index (χ2v) is 3.75. The molecule has 0 bridgehead atoms. The molecule has 1 fully saturated rings. The van der Waals surface area contributed by atoms with Gasteiger partial charge in [0.05, 0.1) is 12.6 Å². The van der Waals surface area contributed by atoms with Crippen LogP contribution in [0.5, 0.6) is 0 Å². The van der Waals surface area contributed by atoms with Crippen molar-refractivity contribution < 1.29 is 4.79 Å². The van der Waals surface area contributed by atoms with E-state index in [0.717, 1.165) is 26.1 Å². The maximum Gasteiger partial charge on any atom is 0.234 e. The van der Waals surface area contributed by atoms with Crippen LogP contribution in [-0.4, -0.2) is 39.7 Å². The highest BCUT2D eigenvalue weighted by atomic mass is 16.1. The van der Waals surface area contributed by atoms with Crippen molar-refractivity contribution in [2.75, 3.05) is 18.8 Å². The summed E-state index contributed by atoms with van der Waals surface area (Å²) >= 11 is 0. The van der Waals surface area contributed by atoms with Gasteiger partial charge in [0.15, 0.2) is 0 Å². The van der Waals surface area contributed by atoms with Gasteiger partial charge in [0.25, 0.3) is 0 Å². The van der Waals surface area contributed by atoms with E-state index >= 15 is 0 Å². The number of anilines is 1. The zero-order valence-electron chi connectivity index (χ0n) is 8.47. The van der Waals surface area contributed by atoms with E-state index in [4.69, 9.17) is 11.5 Å². The third-order valence-electron chi connectivity index (χ3n) is 2.74. The van der Waals surface area contributed by atoms with Gasteiger partial charge in [-0.3, -0.25) is 14.4 Å². The quantitative estimate of drug-likeness (QED) is 0.667. The maximum atomic E-state index is 10.9. The predicted octanol–water partition coefficient (Wildman–Crippen LogP) is -0.975. The van der Waals surface area contributed by atoms with Gasteiger partial charge in [0.1, 0.15) is 5.82 Å². The number of nitrogens with two attached hydrogens (primary N) is 2. The molecule has 1 atom stereocenters. The first-order valence-corrected chi connectivity index (χ1v) is 4.99. The normalized spacial score (nSPS) is 21.2. The smallest absolute Gasteiger partial charge is 0.234 e. The lowest BCUT2D eigenvalue weighted by molar-refractivity contribution is -0.127. The molecule has 1 amide bonds. The molecule has 1 saturated heterocycles. The fraction of sp³-hybridized carbons (Fsp3) is 0.556. The molecule has 1 unspecified atom stereocenters. The van der Waals surface area contributed by atoms with Crippen LogP contribution in [0.1, 0.15) is 6.42 Å². The summed E-state index contributed by atoms with van der Waals surface area (Å²) < 4.78 is 1.77. The van der Waals surface area contributed by atoms with Gasteiger partial charge in [-0.25, -0.2) is 0 Å². The minimum absolute atomic E-state index is 0.0853. The van der Waals surface area contributed by atoms with Crippen molar-refractivity contribution in [3.05, 3.63) is 12.3 Å². The topological polar surface area (TPSA) is 90.2 Å². The number of hydrogen-bond donors (Lipinski definition) is 2. The van der Waals surface area contributed by atoms with Gasteiger partial charge < -0.3 is 11.5 Å². The summed E-state index contributed by atoms with van der Waals surface area (Å²) in [6, 6.07) is 1.67. The molecule has 0 aromatic carbocycles. The first-order chi connectivity index (χ1) is 7.16. The molecule has 2 heterocycles. The zero-order valence-corrected chi connectivity index (χ0v) is 8.47. The Morgan fingerprint density at radius 3 is 2.87 bits per heavy atom. The number of hydrogen-bond acceptors (Lipinski definition) is 4. The minimum atomic E-state index is -0.235. The molecule has 1 aliphatic rings. The standard InChI is InChI=1S/C9H15N5O/c10-8-2-4-14(12-8)6-5-13-3-1-7(13)9(11)15/h2,4,7H,1,3,5-6H2,(H2,10,12)(H2,11,15). The van der Waals surface area contributed by atoms with Crippen molar-refractivity contribution in [3.63, 3.8) is 0 Å². The Morgan fingerprint density at radius 1 is 1.60 bits per heavy atom. The van der Waals surface area contributed by atoms with Gasteiger partial charge in [-0.2, -0.15) is 5.10 Å². The van der Waals surface area contributed by atoms with Gasteiger partial charge in [-0.1, -0.05) is 0 Å². The van der Waals surface area contributed by atoms with Gasteiger partial charge in [0.2, 0.25) is 5.91 Å². The Morgan fingerprint density at radius 2 is 2.40 bits per heavy atom. The van der Waals surface area contributed by atoms with Crippen molar-refractivity contribution in [2.24, 2.45) is 5.73 Å². The Balaban J connectivity index is 1.81. The van der Waals surface area contributed by atoms with Gasteiger partial charge in [-0.15, -0.1) is 0 Å². The molecule has 0 saturated carbocycles. The molecular weight excluding hydrogens is 194 g/mol. The lowest BCUT2D eigenvalue weighted by Crippen LogP contribution is -2.55. The minimum Gasteiger partial charge on any atom is -0.382 e. The van der Waals surface area contributed by atoms with Gasteiger partial charge >= 0.3 is 0 Å². The molecule has 15 heavy (non-hydrogen) atoms. The Kier molecular flexibility index (Phi) is 2.59. The number of carbonyl (C=O) groups is 1. The summed E-state index contributed by atoms with van der Waals surface area (Å²) in [5.74, 6) is 0.284. The molecule has 0 aliphatic carbocycles. The molecule has 6 nitrogen and oxygen atoms in total. The fourth-order valence-corrected chi connectivity index (χ4v) is 1.76. The molecular formula is C9H15N5O. The molecule has 6 heteroatoms. The van der Waals surface area contributed by atoms with Crippen molar-refractivity contribution in [3.8, 4) is 0 Å². The highest BCUT2D eigenvalue weighted by molar-refractivity contribution is 5.80. The highest BCUT2D eigenvalue weighted by Crippen LogP contribution is 2.16. The summed E-state index contributed by atoms with van der Waals surface area (Å²) in [7, 11) is 0. The largest absolute Gasteiger partial charge is 0.382 e. The van der Waals surface area contributed by atoms with E-state index in [2.05, 4.69) is 10.00 Å². The Bertz CT molecular complexity index is 361. The summed E-state index contributed by atoms with van der Waals surface area (Å²) in [6.07, 6.45) is 2.70. The highest BCUT2D eigenvalue weighted by Gasteiger charge is 2.31. The molecule has 1 aromatic heterocycles. The van der Waals surface area contributed by atoms with E-state index in [9.17, 15) is 4.79 Å². The van der Waals surface area contributed by atoms with E-state index in [1.54, 1.807) is 10.7 Å². The van der Waals surface area contributed by atoms with Crippen molar-refractivity contribution in [1.29, 1.82) is 0 Å². The number of likely N-dealkylation sites (tertiary alicyclic amines) is 1. The summed E-state index contributed by atoms with van der Waals surface area (Å²) in [5.41, 5.74) is 10.7. The second-order valence-electron chi connectivity index (χ2n) is 3.75. The number of carbonyl (C=O) groups excluding carboxylic acids is 1. The maximum absolute atomic E-state index is 10.9. The van der Waals surface area contributed by atoms with Crippen LogP contribution >= 0.6 is 0 Å². The molecule has 0 spiro atoms. The van der Waals surface area contributed by atoms with Gasteiger partial charge in [-0.05, 0) is 12.5 Å². The zero-order chi connectivity index (χ0) is 10.8. The van der Waals surface area contributed by atoms with Gasteiger partial charge in [0, 0.05) is 19.3 Å². The molecule has 2 rings (SSSR count). The number of amides is 1. The van der Waals surface area contributed by atoms with Crippen molar-refractivity contribution in [2.45, 2.75) is 19.0 Å². The number of aromatic nitrogens is 2. The average molecular weight is 209 g/mol. The fourth-order valence-electron chi connectivity index (χ4n) is 1.76. The first-order valence-electron chi connectivity index (χ1n) is 4.99. The lowest BCUT2D eigenvalue weighted by atomic mass is 10.0. The average Bonchev–Trinajstić information content (AvgIpc) is 2.48. The first kappa shape index (κ1) is 9.97. The van der Waals surface area contributed by atoms with Crippen molar-refractivity contribution >= 4 is 11.7 Å². The van der Waals surface area contributed by atoms with Crippen molar-refractivity contribution in [1.82, 2.24) is 14.7 Å². The molecule has 0 radical (unpaired) electrons. The van der Waals surface area contributed by atoms with E-state index in [1.807, 2.05) is 6.20 Å². The Labute approximate surface area is 87.8 Å².